The predicted molar refractivity (Wildman–Crippen MR) is 77.8 cm³/mol. The zero-order valence-corrected chi connectivity index (χ0v) is 11.5. The van der Waals surface area contributed by atoms with Crippen LogP contribution in [0.5, 0.6) is 0 Å². The smallest absolute Gasteiger partial charge is 0.140 e. The molecular weight excluding hydrogens is 236 g/mol. The predicted octanol–water partition coefficient (Wildman–Crippen LogP) is 4.19. The molecule has 0 radical (unpaired) electrons. The number of hydrogen-bond acceptors (Lipinski definition) is 2. The lowest BCUT2D eigenvalue weighted by molar-refractivity contribution is -0.118. The topological polar surface area (TPSA) is 37.3 Å². The number of ketones is 1. The lowest BCUT2D eigenvalue weighted by Crippen LogP contribution is -2.01. The van der Waals surface area contributed by atoms with Crippen molar-refractivity contribution in [2.24, 2.45) is 5.92 Å². The second kappa shape index (κ2) is 5.87. The summed E-state index contributed by atoms with van der Waals surface area (Å²) in [6.07, 6.45) is 15.2. The van der Waals surface area contributed by atoms with Crippen molar-refractivity contribution in [2.45, 2.75) is 33.1 Å². The van der Waals surface area contributed by atoms with Crippen LogP contribution in [-0.4, -0.2) is 10.9 Å². The largest absolute Gasteiger partial charge is 0.512 e. The van der Waals surface area contributed by atoms with Crippen LogP contribution in [0.15, 0.2) is 58.9 Å². The second-order valence-corrected chi connectivity index (χ2v) is 5.18. The number of rotatable bonds is 5. The van der Waals surface area contributed by atoms with Gasteiger partial charge in [0.05, 0.1) is 11.7 Å². The summed E-state index contributed by atoms with van der Waals surface area (Å²) in [5.41, 5.74) is 3.43. The van der Waals surface area contributed by atoms with Crippen LogP contribution in [0.4, 0.5) is 0 Å². The summed E-state index contributed by atoms with van der Waals surface area (Å²) in [6, 6.07) is 0. The summed E-state index contributed by atoms with van der Waals surface area (Å²) in [5.74, 6) is 0.574. The lowest BCUT2D eigenvalue weighted by Gasteiger charge is -2.01. The fourth-order valence-corrected chi connectivity index (χ4v) is 2.36. The molecule has 0 aromatic rings. The highest BCUT2D eigenvalue weighted by molar-refractivity contribution is 5.83. The molecule has 2 aliphatic carbocycles. The third-order valence-corrected chi connectivity index (χ3v) is 3.55. The maximum atomic E-state index is 11.2. The molecule has 100 valence electrons. The van der Waals surface area contributed by atoms with Gasteiger partial charge in [-0.1, -0.05) is 36.0 Å². The van der Waals surface area contributed by atoms with Crippen LogP contribution in [0.2, 0.25) is 0 Å². The zero-order chi connectivity index (χ0) is 13.8. The second-order valence-electron chi connectivity index (χ2n) is 5.18. The molecule has 2 aliphatic rings. The van der Waals surface area contributed by atoms with Crippen molar-refractivity contribution in [2.75, 3.05) is 0 Å². The van der Waals surface area contributed by atoms with E-state index in [0.29, 0.717) is 5.76 Å². The molecule has 1 N–H and O–H groups in total. The van der Waals surface area contributed by atoms with E-state index in [4.69, 9.17) is 0 Å². The molecule has 0 bridgehead atoms. The summed E-state index contributed by atoms with van der Waals surface area (Å²) < 4.78 is 0. The molecule has 0 fully saturated rings. The lowest BCUT2D eigenvalue weighted by atomic mass is 10.0. The first-order chi connectivity index (χ1) is 9.06. The highest BCUT2D eigenvalue weighted by Gasteiger charge is 2.13. The summed E-state index contributed by atoms with van der Waals surface area (Å²) in [6.45, 7) is 3.34. The Bertz CT molecular complexity index is 523. The molecule has 0 aromatic heterocycles. The van der Waals surface area contributed by atoms with Gasteiger partial charge in [-0.25, -0.2) is 0 Å². The molecule has 2 rings (SSSR count). The van der Waals surface area contributed by atoms with Crippen LogP contribution in [0, 0.1) is 5.92 Å². The summed E-state index contributed by atoms with van der Waals surface area (Å²) in [7, 11) is 0. The van der Waals surface area contributed by atoms with Crippen molar-refractivity contribution in [3.63, 3.8) is 0 Å². The number of carbonyl (C=O) groups is 1. The maximum absolute atomic E-state index is 11.2. The Labute approximate surface area is 114 Å². The molecule has 0 saturated carbocycles. The van der Waals surface area contributed by atoms with Gasteiger partial charge < -0.3 is 5.11 Å². The van der Waals surface area contributed by atoms with E-state index < -0.39 is 0 Å². The number of aliphatic hydroxyl groups excluding tert-OH is 1. The van der Waals surface area contributed by atoms with Gasteiger partial charge in [-0.2, -0.15) is 0 Å². The molecule has 0 aromatic carbocycles. The van der Waals surface area contributed by atoms with E-state index in [0.717, 1.165) is 24.8 Å². The molecule has 0 spiro atoms. The molecule has 1 atom stereocenters. The van der Waals surface area contributed by atoms with Gasteiger partial charge in [-0.15, -0.1) is 0 Å². The third kappa shape index (κ3) is 3.57. The Morgan fingerprint density at radius 1 is 1.16 bits per heavy atom. The normalized spacial score (nSPS) is 23.6. The standard InChI is InChI=1S/C17H20O2/c1-12(18)16-8-6-14(10-16)4-3-5-15-7-9-17(11-15)13(2)19/h6-11,16,19H,3-5H2,1-2H3. The highest BCUT2D eigenvalue weighted by atomic mass is 16.3. The summed E-state index contributed by atoms with van der Waals surface area (Å²) in [4.78, 5) is 11.2. The first-order valence-electron chi connectivity index (χ1n) is 6.74. The monoisotopic (exact) mass is 256 g/mol. The van der Waals surface area contributed by atoms with E-state index in [9.17, 15) is 9.90 Å². The number of hydrogen-bond donors (Lipinski definition) is 1. The Morgan fingerprint density at radius 2 is 1.89 bits per heavy atom. The van der Waals surface area contributed by atoms with Gasteiger partial charge in [-0.3, -0.25) is 4.79 Å². The fraction of sp³-hybridized carbons (Fsp3) is 0.353. The molecule has 0 amide bonds. The van der Waals surface area contributed by atoms with Crippen molar-refractivity contribution >= 4 is 5.78 Å². The third-order valence-electron chi connectivity index (χ3n) is 3.55. The van der Waals surface area contributed by atoms with Crippen molar-refractivity contribution in [1.29, 1.82) is 0 Å². The van der Waals surface area contributed by atoms with Crippen molar-refractivity contribution in [3.8, 4) is 0 Å². The van der Waals surface area contributed by atoms with Gasteiger partial charge in [-0.05, 0) is 44.8 Å². The summed E-state index contributed by atoms with van der Waals surface area (Å²) in [5, 5.41) is 9.38. The molecule has 0 heterocycles. The first kappa shape index (κ1) is 13.6. The first-order valence-corrected chi connectivity index (χ1v) is 6.74. The Balaban J connectivity index is 1.81. The number of allylic oxidation sites excluding steroid dienone is 10. The van der Waals surface area contributed by atoms with Crippen molar-refractivity contribution in [1.82, 2.24) is 0 Å². The van der Waals surface area contributed by atoms with Gasteiger partial charge >= 0.3 is 0 Å². The Morgan fingerprint density at radius 3 is 2.47 bits per heavy atom. The number of aliphatic hydroxyl groups is 1. The SMILES string of the molecule is CC(=O)C1C=CC(CCCC2=CC(=C(C)O)C=C2)=C1. The maximum Gasteiger partial charge on any atom is 0.140 e. The Hall–Kier alpha value is -1.83. The van der Waals surface area contributed by atoms with Gasteiger partial charge in [0.15, 0.2) is 0 Å². The van der Waals surface area contributed by atoms with E-state index in [1.54, 1.807) is 13.8 Å². The summed E-state index contributed by atoms with van der Waals surface area (Å²) >= 11 is 0. The van der Waals surface area contributed by atoms with E-state index in [-0.39, 0.29) is 11.7 Å². The number of Topliss-reactive ketones (excluding diaryl/α,β-unsaturated/α-hetero) is 1. The molecule has 2 nitrogen and oxygen atoms in total. The molecular formula is C17H20O2. The van der Waals surface area contributed by atoms with Crippen LogP contribution >= 0.6 is 0 Å². The molecule has 0 saturated heterocycles. The molecule has 19 heavy (non-hydrogen) atoms. The van der Waals surface area contributed by atoms with E-state index in [2.05, 4.69) is 18.2 Å². The van der Waals surface area contributed by atoms with Gasteiger partial charge in [0.25, 0.3) is 0 Å². The minimum absolute atomic E-state index is 0.00725. The van der Waals surface area contributed by atoms with Crippen molar-refractivity contribution < 1.29 is 9.90 Å². The van der Waals surface area contributed by atoms with E-state index >= 15 is 0 Å². The van der Waals surface area contributed by atoms with Crippen molar-refractivity contribution in [3.05, 3.63) is 58.9 Å². The van der Waals surface area contributed by atoms with Crippen LogP contribution in [0.3, 0.4) is 0 Å². The van der Waals surface area contributed by atoms with Crippen LogP contribution in [0.1, 0.15) is 33.1 Å². The van der Waals surface area contributed by atoms with Crippen LogP contribution in [0.25, 0.3) is 0 Å². The van der Waals surface area contributed by atoms with Gasteiger partial charge in [0.2, 0.25) is 0 Å². The molecule has 2 heteroatoms. The quantitative estimate of drug-likeness (QED) is 0.749. The minimum atomic E-state index is -0.00725. The zero-order valence-electron chi connectivity index (χ0n) is 11.5. The van der Waals surface area contributed by atoms with Gasteiger partial charge in [0, 0.05) is 5.57 Å². The van der Waals surface area contributed by atoms with Gasteiger partial charge in [0.1, 0.15) is 5.78 Å². The highest BCUT2D eigenvalue weighted by Crippen LogP contribution is 2.25. The minimum Gasteiger partial charge on any atom is -0.512 e. The Kier molecular flexibility index (Phi) is 4.20. The van der Waals surface area contributed by atoms with Crippen LogP contribution < -0.4 is 0 Å². The van der Waals surface area contributed by atoms with Crippen LogP contribution in [-0.2, 0) is 4.79 Å². The number of carbonyl (C=O) groups excluding carboxylic acids is 1. The fourth-order valence-electron chi connectivity index (χ4n) is 2.36. The average molecular weight is 256 g/mol. The average Bonchev–Trinajstić information content (AvgIpc) is 2.97. The molecule has 0 aliphatic heterocycles. The van der Waals surface area contributed by atoms with E-state index in [1.165, 1.54) is 11.1 Å². The molecule has 1 unspecified atom stereocenters. The van der Waals surface area contributed by atoms with E-state index in [1.807, 2.05) is 18.2 Å².